The van der Waals surface area contributed by atoms with Crippen LogP contribution in [0.4, 0.5) is 0 Å². The Bertz CT molecular complexity index is 682. The fraction of sp³-hybridized carbons (Fsp3) is 0.333. The van der Waals surface area contributed by atoms with Gasteiger partial charge >= 0.3 is 0 Å². The topological polar surface area (TPSA) is 32.3 Å². The molecule has 0 amide bonds. The normalized spacial score (nSPS) is 24.0. The van der Waals surface area contributed by atoms with Crippen LogP contribution < -0.4 is 5.32 Å². The summed E-state index contributed by atoms with van der Waals surface area (Å²) in [5.41, 5.74) is 2.45. The first-order valence-corrected chi connectivity index (χ1v) is 8.21. The summed E-state index contributed by atoms with van der Waals surface area (Å²) in [5.74, 6) is 0.309. The van der Waals surface area contributed by atoms with Gasteiger partial charge in [-0.1, -0.05) is 54.6 Å². The number of hydrogen-bond acceptors (Lipinski definition) is 2. The Morgan fingerprint density at radius 3 is 2.17 bits per heavy atom. The minimum absolute atomic E-state index is 0.0801. The third-order valence-electron chi connectivity index (χ3n) is 4.44. The molecule has 2 N–H and O–H groups in total. The molecule has 3 rings (SSSR count). The molecule has 2 heteroatoms. The number of benzene rings is 2. The maximum atomic E-state index is 9.63. The predicted octanol–water partition coefficient (Wildman–Crippen LogP) is 4.39. The van der Waals surface area contributed by atoms with E-state index < -0.39 is 0 Å². The molecule has 0 aliphatic heterocycles. The number of nitrogens with one attached hydrogen (secondary N) is 1. The highest BCUT2D eigenvalue weighted by Crippen LogP contribution is 2.42. The molecule has 0 aromatic heterocycles. The van der Waals surface area contributed by atoms with Gasteiger partial charge < -0.3 is 10.4 Å². The van der Waals surface area contributed by atoms with E-state index in [-0.39, 0.29) is 11.0 Å². The highest BCUT2D eigenvalue weighted by molar-refractivity contribution is 5.48. The number of aromatic hydroxyl groups is 1. The summed E-state index contributed by atoms with van der Waals surface area (Å²) in [4.78, 5) is 0. The van der Waals surface area contributed by atoms with Crippen molar-refractivity contribution >= 4 is 0 Å². The SMILES string of the molecule is CC(C)(C)N[C@@H]1C=C[C@](c2ccccc2)(c2ccc(O)cc2)C1. The number of phenolic OH excluding ortho intramolecular Hbond substituents is 1. The van der Waals surface area contributed by atoms with Crippen LogP contribution in [0.15, 0.2) is 66.7 Å². The van der Waals surface area contributed by atoms with Gasteiger partial charge in [0.1, 0.15) is 5.75 Å². The number of rotatable bonds is 3. The third kappa shape index (κ3) is 3.32. The van der Waals surface area contributed by atoms with Gasteiger partial charge in [-0.3, -0.25) is 0 Å². The van der Waals surface area contributed by atoms with Crippen LogP contribution in [0, 0.1) is 0 Å². The minimum atomic E-state index is -0.141. The van der Waals surface area contributed by atoms with Crippen molar-refractivity contribution in [1.29, 1.82) is 0 Å². The van der Waals surface area contributed by atoms with Crippen LogP contribution in [-0.2, 0) is 5.41 Å². The molecule has 0 heterocycles. The van der Waals surface area contributed by atoms with Crippen molar-refractivity contribution in [2.24, 2.45) is 0 Å². The molecule has 0 saturated heterocycles. The molecule has 0 saturated carbocycles. The fourth-order valence-corrected chi connectivity index (χ4v) is 3.51. The Hall–Kier alpha value is -2.06. The van der Waals surface area contributed by atoms with Gasteiger partial charge in [-0.05, 0) is 50.5 Å². The average molecular weight is 307 g/mol. The van der Waals surface area contributed by atoms with Gasteiger partial charge in [-0.15, -0.1) is 0 Å². The zero-order valence-electron chi connectivity index (χ0n) is 14.1. The van der Waals surface area contributed by atoms with Crippen molar-refractivity contribution in [3.05, 3.63) is 77.9 Å². The van der Waals surface area contributed by atoms with Crippen molar-refractivity contribution in [3.63, 3.8) is 0 Å². The largest absolute Gasteiger partial charge is 0.508 e. The van der Waals surface area contributed by atoms with Crippen LogP contribution in [0.2, 0.25) is 0 Å². The first-order valence-electron chi connectivity index (χ1n) is 8.21. The summed E-state index contributed by atoms with van der Waals surface area (Å²) in [6.07, 6.45) is 5.59. The van der Waals surface area contributed by atoms with E-state index in [0.29, 0.717) is 11.8 Å². The van der Waals surface area contributed by atoms with Crippen LogP contribution in [0.25, 0.3) is 0 Å². The van der Waals surface area contributed by atoms with Gasteiger partial charge in [0, 0.05) is 17.0 Å². The second-order valence-electron chi connectivity index (χ2n) is 7.45. The lowest BCUT2D eigenvalue weighted by Gasteiger charge is -2.32. The van der Waals surface area contributed by atoms with E-state index in [1.807, 2.05) is 12.1 Å². The van der Waals surface area contributed by atoms with Gasteiger partial charge in [0.05, 0.1) is 0 Å². The van der Waals surface area contributed by atoms with Gasteiger partial charge in [-0.25, -0.2) is 0 Å². The van der Waals surface area contributed by atoms with Crippen LogP contribution in [0.3, 0.4) is 0 Å². The highest BCUT2D eigenvalue weighted by atomic mass is 16.3. The first kappa shape index (κ1) is 15.8. The van der Waals surface area contributed by atoms with Gasteiger partial charge in [-0.2, -0.15) is 0 Å². The Balaban J connectivity index is 2.00. The summed E-state index contributed by atoms with van der Waals surface area (Å²) < 4.78 is 0. The maximum absolute atomic E-state index is 9.63. The van der Waals surface area contributed by atoms with E-state index in [0.717, 1.165) is 6.42 Å². The number of hydrogen-bond donors (Lipinski definition) is 2. The number of phenols is 1. The molecule has 2 nitrogen and oxygen atoms in total. The zero-order valence-corrected chi connectivity index (χ0v) is 14.1. The molecule has 1 aliphatic rings. The summed E-state index contributed by atoms with van der Waals surface area (Å²) >= 11 is 0. The molecular formula is C21H25NO. The lowest BCUT2D eigenvalue weighted by Crippen LogP contribution is -2.43. The molecule has 0 radical (unpaired) electrons. The van der Waals surface area contributed by atoms with Crippen LogP contribution in [-0.4, -0.2) is 16.7 Å². The predicted molar refractivity (Wildman–Crippen MR) is 95.8 cm³/mol. The van der Waals surface area contributed by atoms with E-state index >= 15 is 0 Å². The fourth-order valence-electron chi connectivity index (χ4n) is 3.51. The molecule has 0 spiro atoms. The third-order valence-corrected chi connectivity index (χ3v) is 4.44. The lowest BCUT2D eigenvalue weighted by atomic mass is 9.73. The van der Waals surface area contributed by atoms with E-state index in [1.54, 1.807) is 12.1 Å². The van der Waals surface area contributed by atoms with Crippen LogP contribution in [0.5, 0.6) is 5.75 Å². The van der Waals surface area contributed by atoms with Crippen LogP contribution >= 0.6 is 0 Å². The number of allylic oxidation sites excluding steroid dienone is 1. The van der Waals surface area contributed by atoms with E-state index in [2.05, 4.69) is 68.6 Å². The second kappa shape index (κ2) is 5.86. The Labute approximate surface area is 138 Å². The van der Waals surface area contributed by atoms with E-state index in [1.165, 1.54) is 11.1 Å². The zero-order chi connectivity index (χ0) is 16.5. The average Bonchev–Trinajstić information content (AvgIpc) is 2.92. The molecule has 2 atom stereocenters. The summed E-state index contributed by atoms with van der Waals surface area (Å²) in [6, 6.07) is 18.6. The van der Waals surface area contributed by atoms with Crippen molar-refractivity contribution in [3.8, 4) is 5.75 Å². The summed E-state index contributed by atoms with van der Waals surface area (Å²) in [6.45, 7) is 6.59. The van der Waals surface area contributed by atoms with Gasteiger partial charge in [0.15, 0.2) is 0 Å². The molecular weight excluding hydrogens is 282 g/mol. The molecule has 23 heavy (non-hydrogen) atoms. The van der Waals surface area contributed by atoms with Gasteiger partial charge in [0.2, 0.25) is 0 Å². The monoisotopic (exact) mass is 307 g/mol. The Morgan fingerprint density at radius 1 is 0.957 bits per heavy atom. The molecule has 120 valence electrons. The molecule has 2 aromatic carbocycles. The van der Waals surface area contributed by atoms with E-state index in [4.69, 9.17) is 0 Å². The van der Waals surface area contributed by atoms with Crippen molar-refractivity contribution < 1.29 is 5.11 Å². The van der Waals surface area contributed by atoms with Crippen molar-refractivity contribution in [2.45, 2.75) is 44.2 Å². The Morgan fingerprint density at radius 2 is 1.57 bits per heavy atom. The molecule has 1 aliphatic carbocycles. The van der Waals surface area contributed by atoms with Gasteiger partial charge in [0.25, 0.3) is 0 Å². The lowest BCUT2D eigenvalue weighted by molar-refractivity contribution is 0.371. The minimum Gasteiger partial charge on any atom is -0.508 e. The second-order valence-corrected chi connectivity index (χ2v) is 7.45. The molecule has 0 unspecified atom stereocenters. The standard InChI is InChI=1S/C21H25NO/c1-20(2,3)22-18-13-14-21(15-18,16-7-5-4-6-8-16)17-9-11-19(23)12-10-17/h4-14,18,22-23H,15H2,1-3H3/t18-,21+/m1/s1. The first-order chi connectivity index (χ1) is 10.9. The highest BCUT2D eigenvalue weighted by Gasteiger charge is 2.38. The smallest absolute Gasteiger partial charge is 0.115 e. The van der Waals surface area contributed by atoms with Crippen molar-refractivity contribution in [2.75, 3.05) is 0 Å². The molecule has 0 fully saturated rings. The summed E-state index contributed by atoms with van der Waals surface area (Å²) in [7, 11) is 0. The van der Waals surface area contributed by atoms with Crippen LogP contribution in [0.1, 0.15) is 38.3 Å². The van der Waals surface area contributed by atoms with Crippen molar-refractivity contribution in [1.82, 2.24) is 5.32 Å². The quantitative estimate of drug-likeness (QED) is 0.824. The Kier molecular flexibility index (Phi) is 4.03. The molecule has 2 aromatic rings. The maximum Gasteiger partial charge on any atom is 0.115 e. The summed E-state index contributed by atoms with van der Waals surface area (Å²) in [5, 5.41) is 13.3. The molecule has 0 bridgehead atoms. The van der Waals surface area contributed by atoms with E-state index in [9.17, 15) is 5.11 Å².